The lowest BCUT2D eigenvalue weighted by Gasteiger charge is -2.06. The highest BCUT2D eigenvalue weighted by Gasteiger charge is 2.11. The normalized spacial score (nSPS) is 12.2. The molecule has 2 heterocycles. The van der Waals surface area contributed by atoms with Crippen LogP contribution in [0, 0.1) is 0 Å². The fourth-order valence-electron chi connectivity index (χ4n) is 2.02. The van der Waals surface area contributed by atoms with Crippen molar-refractivity contribution in [3.63, 3.8) is 0 Å². The van der Waals surface area contributed by atoms with E-state index in [2.05, 4.69) is 16.7 Å². The lowest BCUT2D eigenvalue weighted by molar-refractivity contribution is 0.840. The third-order valence-electron chi connectivity index (χ3n) is 3.11. The third-order valence-corrected chi connectivity index (χ3v) is 5.22. The maximum atomic E-state index is 6.36. The summed E-state index contributed by atoms with van der Waals surface area (Å²) in [5.74, 6) is 0. The van der Waals surface area contributed by atoms with E-state index in [4.69, 9.17) is 23.2 Å². The van der Waals surface area contributed by atoms with Crippen molar-refractivity contribution >= 4 is 52.1 Å². The molecule has 0 spiro atoms. The van der Waals surface area contributed by atoms with E-state index in [1.165, 1.54) is 11.3 Å². The average molecular weight is 394 g/mol. The third kappa shape index (κ3) is 3.87. The lowest BCUT2D eigenvalue weighted by Crippen LogP contribution is -2.12. The molecule has 0 unspecified atom stereocenters. The first-order valence-electron chi connectivity index (χ1n) is 7.03. The van der Waals surface area contributed by atoms with E-state index < -0.39 is 0 Å². The Labute approximate surface area is 157 Å². The van der Waals surface area contributed by atoms with Crippen molar-refractivity contribution in [1.82, 2.24) is 4.68 Å². The Morgan fingerprint density at radius 2 is 2.08 bits per heavy atom. The second-order valence-electron chi connectivity index (χ2n) is 4.77. The molecule has 0 bridgehead atoms. The van der Waals surface area contributed by atoms with Crippen molar-refractivity contribution in [3.8, 4) is 11.3 Å². The topological polar surface area (TPSA) is 29.6 Å². The van der Waals surface area contributed by atoms with Gasteiger partial charge in [0.1, 0.15) is 0 Å². The van der Waals surface area contributed by atoms with E-state index in [0.717, 1.165) is 21.6 Å². The molecule has 3 rings (SSSR count). The van der Waals surface area contributed by atoms with Gasteiger partial charge in [0.05, 0.1) is 23.5 Å². The van der Waals surface area contributed by atoms with Crippen molar-refractivity contribution in [2.75, 3.05) is 6.54 Å². The summed E-state index contributed by atoms with van der Waals surface area (Å²) in [5, 5.41) is 11.8. The first-order valence-corrected chi connectivity index (χ1v) is 9.61. The van der Waals surface area contributed by atoms with Crippen LogP contribution in [-0.4, -0.2) is 17.4 Å². The smallest absolute Gasteiger partial charge is 0.206 e. The van der Waals surface area contributed by atoms with E-state index in [-0.39, 0.29) is 0 Å². The predicted octanol–water partition coefficient (Wildman–Crippen LogP) is 5.55. The maximum Gasteiger partial charge on any atom is 0.206 e. The minimum Gasteiger partial charge on any atom is -0.253 e. The van der Waals surface area contributed by atoms with Gasteiger partial charge in [-0.3, -0.25) is 4.99 Å². The van der Waals surface area contributed by atoms with Crippen LogP contribution < -0.4 is 4.80 Å². The molecule has 0 amide bonds. The van der Waals surface area contributed by atoms with E-state index >= 15 is 0 Å². The second-order valence-corrected chi connectivity index (χ2v) is 7.23. The number of benzene rings is 1. The van der Waals surface area contributed by atoms with Crippen LogP contribution in [0.5, 0.6) is 0 Å². The zero-order valence-corrected chi connectivity index (χ0v) is 15.7. The first kappa shape index (κ1) is 17.2. The summed E-state index contributed by atoms with van der Waals surface area (Å²) in [4.78, 5) is 5.28. The molecule has 0 saturated carbocycles. The van der Waals surface area contributed by atoms with Crippen molar-refractivity contribution in [1.29, 1.82) is 0 Å². The molecule has 1 aromatic carbocycles. The van der Waals surface area contributed by atoms with E-state index in [9.17, 15) is 0 Å². The van der Waals surface area contributed by atoms with E-state index in [0.29, 0.717) is 16.6 Å². The Morgan fingerprint density at radius 1 is 1.21 bits per heavy atom. The lowest BCUT2D eigenvalue weighted by atomic mass is 10.2. The molecule has 3 aromatic rings. The van der Waals surface area contributed by atoms with Gasteiger partial charge in [-0.15, -0.1) is 17.9 Å². The Hall–Kier alpha value is -1.66. The first-order chi connectivity index (χ1) is 11.7. The van der Waals surface area contributed by atoms with E-state index in [1.54, 1.807) is 28.2 Å². The Bertz CT molecular complexity index is 937. The monoisotopic (exact) mass is 393 g/mol. The Kier molecular flexibility index (Phi) is 5.68. The minimum atomic E-state index is 0.530. The quantitative estimate of drug-likeness (QED) is 0.401. The van der Waals surface area contributed by atoms with Gasteiger partial charge in [0.15, 0.2) is 0 Å². The van der Waals surface area contributed by atoms with Crippen LogP contribution in [0.4, 0.5) is 0 Å². The van der Waals surface area contributed by atoms with Gasteiger partial charge in [-0.1, -0.05) is 29.3 Å². The van der Waals surface area contributed by atoms with Crippen LogP contribution in [0.25, 0.3) is 11.3 Å². The number of hydrogen-bond acceptors (Lipinski definition) is 4. The largest absolute Gasteiger partial charge is 0.253 e. The van der Waals surface area contributed by atoms with Gasteiger partial charge in [0.25, 0.3) is 0 Å². The number of hydrogen-bond donors (Lipinski definition) is 0. The molecule has 122 valence electrons. The summed E-state index contributed by atoms with van der Waals surface area (Å²) in [6, 6.07) is 7.44. The van der Waals surface area contributed by atoms with Gasteiger partial charge in [-0.25, -0.2) is 4.68 Å². The summed E-state index contributed by atoms with van der Waals surface area (Å²) in [7, 11) is 0. The van der Waals surface area contributed by atoms with Crippen LogP contribution in [0.2, 0.25) is 10.0 Å². The number of rotatable bonds is 5. The zero-order chi connectivity index (χ0) is 16.9. The number of aromatic nitrogens is 1. The van der Waals surface area contributed by atoms with Crippen molar-refractivity contribution in [2.45, 2.75) is 0 Å². The van der Waals surface area contributed by atoms with Gasteiger partial charge in [0, 0.05) is 21.5 Å². The molecule has 7 heteroatoms. The standard InChI is InChI=1S/C17H13Cl2N3S2/c1-2-6-20-17-22(21-9-12-5-7-23-10-12)16(11-24-17)14-4-3-13(18)8-15(14)19/h2-5,7-11H,1,6H2/b20-17?,21-9-. The van der Waals surface area contributed by atoms with Crippen LogP contribution in [0.3, 0.4) is 0 Å². The number of thiazole rings is 1. The molecule has 0 aliphatic rings. The average Bonchev–Trinajstić information content (AvgIpc) is 3.20. The molecular formula is C17H13Cl2N3S2. The summed E-state index contributed by atoms with van der Waals surface area (Å²) >= 11 is 15.5. The van der Waals surface area contributed by atoms with Gasteiger partial charge < -0.3 is 0 Å². The molecule has 2 aromatic heterocycles. The second kappa shape index (κ2) is 7.94. The Morgan fingerprint density at radius 3 is 2.79 bits per heavy atom. The van der Waals surface area contributed by atoms with Crippen LogP contribution in [0.15, 0.2) is 63.2 Å². The highest BCUT2D eigenvalue weighted by atomic mass is 35.5. The fraction of sp³-hybridized carbons (Fsp3) is 0.0588. The molecule has 0 saturated heterocycles. The minimum absolute atomic E-state index is 0.530. The highest BCUT2D eigenvalue weighted by Crippen LogP contribution is 2.30. The number of halogens is 2. The summed E-state index contributed by atoms with van der Waals surface area (Å²) in [6.07, 6.45) is 3.56. The predicted molar refractivity (Wildman–Crippen MR) is 106 cm³/mol. The SMILES string of the molecule is C=CCN=c1scc(-c2ccc(Cl)cc2Cl)n1/N=C\c1ccsc1. The molecule has 0 N–H and O–H groups in total. The number of thiophene rings is 1. The molecule has 0 aliphatic carbocycles. The van der Waals surface area contributed by atoms with Crippen molar-refractivity contribution in [2.24, 2.45) is 10.1 Å². The summed E-state index contributed by atoms with van der Waals surface area (Å²) < 4.78 is 1.79. The molecule has 0 aliphatic heterocycles. The fourth-order valence-corrected chi connectivity index (χ4v) is 3.97. The maximum absolute atomic E-state index is 6.36. The Balaban J connectivity index is 2.12. The van der Waals surface area contributed by atoms with Crippen molar-refractivity contribution < 1.29 is 0 Å². The zero-order valence-electron chi connectivity index (χ0n) is 12.5. The highest BCUT2D eigenvalue weighted by molar-refractivity contribution is 7.08. The molecular weight excluding hydrogens is 381 g/mol. The molecule has 3 nitrogen and oxygen atoms in total. The molecule has 24 heavy (non-hydrogen) atoms. The van der Waals surface area contributed by atoms with Crippen molar-refractivity contribution in [3.05, 3.63) is 73.5 Å². The summed E-state index contributed by atoms with van der Waals surface area (Å²) in [5.41, 5.74) is 2.78. The van der Waals surface area contributed by atoms with Crippen LogP contribution in [-0.2, 0) is 0 Å². The molecule has 0 fully saturated rings. The van der Waals surface area contributed by atoms with E-state index in [1.807, 2.05) is 40.6 Å². The van der Waals surface area contributed by atoms with Gasteiger partial charge in [-0.2, -0.15) is 16.4 Å². The molecule has 0 atom stereocenters. The summed E-state index contributed by atoms with van der Waals surface area (Å²) in [6.45, 7) is 4.24. The van der Waals surface area contributed by atoms with Crippen LogP contribution >= 0.6 is 45.9 Å². The molecule has 0 radical (unpaired) electrons. The van der Waals surface area contributed by atoms with Gasteiger partial charge in [-0.05, 0) is 35.0 Å². The van der Waals surface area contributed by atoms with Gasteiger partial charge >= 0.3 is 0 Å². The number of nitrogens with zero attached hydrogens (tertiary/aromatic N) is 3. The van der Waals surface area contributed by atoms with Gasteiger partial charge in [0.2, 0.25) is 4.80 Å². The van der Waals surface area contributed by atoms with Crippen LogP contribution in [0.1, 0.15) is 5.56 Å².